The fourth-order valence-electron chi connectivity index (χ4n) is 1.92. The SMILES string of the molecule is CCCC(N)(C(=O)OC(C)(C)C)C(=O)c1ccccc1. The van der Waals surface area contributed by atoms with Crippen molar-refractivity contribution in [1.82, 2.24) is 0 Å². The van der Waals surface area contributed by atoms with Gasteiger partial charge in [-0.25, -0.2) is 4.79 Å². The van der Waals surface area contributed by atoms with Crippen LogP contribution in [0, 0.1) is 0 Å². The van der Waals surface area contributed by atoms with Crippen molar-refractivity contribution in [3.8, 4) is 0 Å². The Labute approximate surface area is 120 Å². The predicted octanol–water partition coefficient (Wildman–Crippen LogP) is 2.71. The zero-order chi connectivity index (χ0) is 15.4. The van der Waals surface area contributed by atoms with Gasteiger partial charge in [0, 0.05) is 5.56 Å². The molecule has 1 unspecified atom stereocenters. The van der Waals surface area contributed by atoms with Crippen molar-refractivity contribution in [2.24, 2.45) is 5.73 Å². The number of esters is 1. The summed E-state index contributed by atoms with van der Waals surface area (Å²) in [7, 11) is 0. The summed E-state index contributed by atoms with van der Waals surface area (Å²) in [5.41, 5.74) is 4.24. The Bertz CT molecular complexity index is 476. The lowest BCUT2D eigenvalue weighted by Crippen LogP contribution is -2.57. The van der Waals surface area contributed by atoms with Gasteiger partial charge in [0.1, 0.15) is 5.60 Å². The molecule has 0 aliphatic rings. The molecule has 0 heterocycles. The van der Waals surface area contributed by atoms with Crippen LogP contribution in [0.4, 0.5) is 0 Å². The van der Waals surface area contributed by atoms with E-state index >= 15 is 0 Å². The maximum Gasteiger partial charge on any atom is 0.334 e. The van der Waals surface area contributed by atoms with Crippen LogP contribution in [-0.2, 0) is 9.53 Å². The molecule has 0 radical (unpaired) electrons. The third-order valence-electron chi connectivity index (χ3n) is 2.85. The van der Waals surface area contributed by atoms with Crippen LogP contribution in [0.2, 0.25) is 0 Å². The Morgan fingerprint density at radius 2 is 1.70 bits per heavy atom. The van der Waals surface area contributed by atoms with E-state index in [2.05, 4.69) is 0 Å². The molecule has 4 heteroatoms. The highest BCUT2D eigenvalue weighted by Gasteiger charge is 2.44. The van der Waals surface area contributed by atoms with Crippen molar-refractivity contribution in [3.05, 3.63) is 35.9 Å². The summed E-state index contributed by atoms with van der Waals surface area (Å²) in [5.74, 6) is -1.06. The van der Waals surface area contributed by atoms with E-state index in [0.29, 0.717) is 12.0 Å². The monoisotopic (exact) mass is 277 g/mol. The molecule has 0 aliphatic carbocycles. The van der Waals surface area contributed by atoms with E-state index in [1.165, 1.54) is 0 Å². The number of ether oxygens (including phenoxy) is 1. The van der Waals surface area contributed by atoms with Gasteiger partial charge in [-0.1, -0.05) is 43.7 Å². The lowest BCUT2D eigenvalue weighted by molar-refractivity contribution is -0.159. The van der Waals surface area contributed by atoms with Gasteiger partial charge in [-0.2, -0.15) is 0 Å². The molecular weight excluding hydrogens is 254 g/mol. The first-order valence-corrected chi connectivity index (χ1v) is 6.83. The van der Waals surface area contributed by atoms with E-state index in [-0.39, 0.29) is 6.42 Å². The molecule has 0 aliphatic heterocycles. The first-order valence-electron chi connectivity index (χ1n) is 6.83. The molecule has 1 aromatic carbocycles. The fourth-order valence-corrected chi connectivity index (χ4v) is 1.92. The highest BCUT2D eigenvalue weighted by molar-refractivity contribution is 6.16. The van der Waals surface area contributed by atoms with Gasteiger partial charge in [0.2, 0.25) is 0 Å². The molecule has 1 aromatic rings. The van der Waals surface area contributed by atoms with Crippen LogP contribution in [0.1, 0.15) is 50.9 Å². The predicted molar refractivity (Wildman–Crippen MR) is 78.4 cm³/mol. The standard InChI is InChI=1S/C16H23NO3/c1-5-11-16(17,14(19)20-15(2,3)4)13(18)12-9-7-6-8-10-12/h6-10H,5,11,17H2,1-4H3. The van der Waals surface area contributed by atoms with Gasteiger partial charge in [0.15, 0.2) is 11.3 Å². The van der Waals surface area contributed by atoms with Crippen molar-refractivity contribution in [3.63, 3.8) is 0 Å². The lowest BCUT2D eigenvalue weighted by Gasteiger charge is -2.30. The summed E-state index contributed by atoms with van der Waals surface area (Å²) >= 11 is 0. The average Bonchev–Trinajstić information content (AvgIpc) is 2.37. The summed E-state index contributed by atoms with van der Waals surface area (Å²) in [6.07, 6.45) is 0.879. The third-order valence-corrected chi connectivity index (χ3v) is 2.85. The zero-order valence-electron chi connectivity index (χ0n) is 12.6. The van der Waals surface area contributed by atoms with Crippen LogP contribution in [-0.4, -0.2) is 22.9 Å². The van der Waals surface area contributed by atoms with Gasteiger partial charge in [-0.3, -0.25) is 4.79 Å². The number of ketones is 1. The maximum atomic E-state index is 12.6. The van der Waals surface area contributed by atoms with E-state index in [0.717, 1.165) is 0 Å². The lowest BCUT2D eigenvalue weighted by atomic mass is 9.86. The van der Waals surface area contributed by atoms with E-state index < -0.39 is 22.9 Å². The van der Waals surface area contributed by atoms with Gasteiger partial charge in [-0.05, 0) is 27.2 Å². The van der Waals surface area contributed by atoms with Crippen molar-refractivity contribution >= 4 is 11.8 Å². The van der Waals surface area contributed by atoms with Crippen LogP contribution in [0.5, 0.6) is 0 Å². The molecule has 0 fully saturated rings. The Balaban J connectivity index is 3.08. The third kappa shape index (κ3) is 3.90. The number of rotatable bonds is 5. The molecule has 4 nitrogen and oxygen atoms in total. The number of Topliss-reactive ketones (excluding diaryl/α,β-unsaturated/α-hetero) is 1. The molecule has 0 aromatic heterocycles. The maximum absolute atomic E-state index is 12.6. The number of hydrogen-bond acceptors (Lipinski definition) is 4. The van der Waals surface area contributed by atoms with E-state index in [4.69, 9.17) is 10.5 Å². The molecule has 1 rings (SSSR count). The number of hydrogen-bond donors (Lipinski definition) is 1. The molecule has 0 bridgehead atoms. The minimum absolute atomic E-state index is 0.260. The first kappa shape index (κ1) is 16.4. The average molecular weight is 277 g/mol. The zero-order valence-corrected chi connectivity index (χ0v) is 12.6. The van der Waals surface area contributed by atoms with Crippen LogP contribution in [0.25, 0.3) is 0 Å². The van der Waals surface area contributed by atoms with Gasteiger partial charge in [0.05, 0.1) is 0 Å². The number of carbonyl (C=O) groups excluding carboxylic acids is 2. The molecule has 2 N–H and O–H groups in total. The molecule has 0 saturated heterocycles. The van der Waals surface area contributed by atoms with E-state index in [9.17, 15) is 9.59 Å². The van der Waals surface area contributed by atoms with Crippen molar-refractivity contribution in [2.45, 2.75) is 51.7 Å². The topological polar surface area (TPSA) is 69.4 Å². The van der Waals surface area contributed by atoms with E-state index in [1.807, 2.05) is 13.0 Å². The summed E-state index contributed by atoms with van der Waals surface area (Å²) < 4.78 is 5.31. The van der Waals surface area contributed by atoms with Crippen LogP contribution in [0.15, 0.2) is 30.3 Å². The Kier molecular flexibility index (Phi) is 5.06. The highest BCUT2D eigenvalue weighted by Crippen LogP contribution is 2.21. The quantitative estimate of drug-likeness (QED) is 0.510. The Hall–Kier alpha value is -1.68. The van der Waals surface area contributed by atoms with Crippen LogP contribution in [0.3, 0.4) is 0 Å². The van der Waals surface area contributed by atoms with Gasteiger partial charge >= 0.3 is 5.97 Å². The van der Waals surface area contributed by atoms with Crippen LogP contribution < -0.4 is 5.73 Å². The Morgan fingerprint density at radius 1 is 1.15 bits per heavy atom. The first-order chi connectivity index (χ1) is 9.20. The molecule has 0 amide bonds. The summed E-state index contributed by atoms with van der Waals surface area (Å²) in [6, 6.07) is 8.61. The van der Waals surface area contributed by atoms with E-state index in [1.54, 1.807) is 45.0 Å². The smallest absolute Gasteiger partial charge is 0.334 e. The molecule has 0 saturated carbocycles. The van der Waals surface area contributed by atoms with Crippen molar-refractivity contribution in [1.29, 1.82) is 0 Å². The molecule has 1 atom stereocenters. The van der Waals surface area contributed by atoms with Crippen molar-refractivity contribution < 1.29 is 14.3 Å². The summed E-state index contributed by atoms with van der Waals surface area (Å²) in [6.45, 7) is 7.14. The second-order valence-corrected chi connectivity index (χ2v) is 5.92. The van der Waals surface area contributed by atoms with Gasteiger partial charge in [-0.15, -0.1) is 0 Å². The molecule has 20 heavy (non-hydrogen) atoms. The Morgan fingerprint density at radius 3 is 2.15 bits per heavy atom. The second kappa shape index (κ2) is 6.18. The van der Waals surface area contributed by atoms with Crippen LogP contribution >= 0.6 is 0 Å². The highest BCUT2D eigenvalue weighted by atomic mass is 16.6. The number of nitrogens with two attached hydrogens (primary N) is 1. The summed E-state index contributed by atoms with van der Waals surface area (Å²) in [5, 5.41) is 0. The number of benzene rings is 1. The molecular formula is C16H23NO3. The minimum atomic E-state index is -1.62. The van der Waals surface area contributed by atoms with Gasteiger partial charge in [0.25, 0.3) is 0 Å². The van der Waals surface area contributed by atoms with Crippen molar-refractivity contribution in [2.75, 3.05) is 0 Å². The minimum Gasteiger partial charge on any atom is -0.458 e. The largest absolute Gasteiger partial charge is 0.458 e. The van der Waals surface area contributed by atoms with Gasteiger partial charge < -0.3 is 10.5 Å². The molecule has 0 spiro atoms. The number of carbonyl (C=O) groups is 2. The second-order valence-electron chi connectivity index (χ2n) is 5.92. The molecule has 110 valence electrons. The fraction of sp³-hybridized carbons (Fsp3) is 0.500. The summed E-state index contributed by atoms with van der Waals surface area (Å²) in [4.78, 5) is 24.9. The normalized spacial score (nSPS) is 14.4.